The van der Waals surface area contributed by atoms with E-state index in [4.69, 9.17) is 0 Å². The average Bonchev–Trinajstić information content (AvgIpc) is 3.40. The molecule has 0 aromatic heterocycles. The van der Waals surface area contributed by atoms with E-state index in [1.807, 2.05) is 0 Å². The molecule has 0 spiro atoms. The lowest BCUT2D eigenvalue weighted by atomic mass is 9.94. The van der Waals surface area contributed by atoms with Crippen LogP contribution in [0.3, 0.4) is 0 Å². The first kappa shape index (κ1) is 20.2. The van der Waals surface area contributed by atoms with Crippen molar-refractivity contribution in [3.63, 3.8) is 0 Å². The Bertz CT molecular complexity index is 963. The van der Waals surface area contributed by atoms with Gasteiger partial charge in [-0.3, -0.25) is 9.69 Å². The van der Waals surface area contributed by atoms with Gasteiger partial charge >= 0.3 is 0 Å². The van der Waals surface area contributed by atoms with E-state index in [1.165, 1.54) is 37.7 Å². The number of hydrogen-bond donors (Lipinski definition) is 1. The number of fused-ring (bicyclic) bond motifs is 1. The number of rotatable bonds is 3. The van der Waals surface area contributed by atoms with Crippen LogP contribution in [0.15, 0.2) is 28.7 Å². The summed E-state index contributed by atoms with van der Waals surface area (Å²) in [5.74, 6) is -0.0856. The maximum Gasteiger partial charge on any atom is 0.256 e. The zero-order valence-corrected chi connectivity index (χ0v) is 18.3. The summed E-state index contributed by atoms with van der Waals surface area (Å²) in [6, 6.07) is 5.74. The normalized spacial score (nSPS) is 24.3. The molecule has 1 saturated heterocycles. The first-order valence-electron chi connectivity index (χ1n) is 11.5. The molecule has 4 aliphatic rings. The summed E-state index contributed by atoms with van der Waals surface area (Å²) in [4.78, 5) is 15.3. The van der Waals surface area contributed by atoms with Crippen LogP contribution in [0.1, 0.15) is 63.4 Å². The van der Waals surface area contributed by atoms with Crippen molar-refractivity contribution < 1.29 is 13.2 Å². The van der Waals surface area contributed by atoms with E-state index in [1.54, 1.807) is 22.5 Å². The molecule has 0 radical (unpaired) electrons. The Hall–Kier alpha value is -1.70. The van der Waals surface area contributed by atoms with Gasteiger partial charge in [0.15, 0.2) is 0 Å². The van der Waals surface area contributed by atoms with Crippen molar-refractivity contribution in [3.05, 3.63) is 29.3 Å². The van der Waals surface area contributed by atoms with Crippen molar-refractivity contribution in [2.75, 3.05) is 31.5 Å². The molecule has 1 aromatic rings. The highest BCUT2D eigenvalue weighted by Crippen LogP contribution is 2.40. The lowest BCUT2D eigenvalue weighted by molar-refractivity contribution is -0.110. The highest BCUT2D eigenvalue weighted by molar-refractivity contribution is 7.89. The largest absolute Gasteiger partial charge is 0.321 e. The van der Waals surface area contributed by atoms with Crippen LogP contribution in [-0.2, 0) is 14.8 Å². The lowest BCUT2D eigenvalue weighted by Gasteiger charge is -2.40. The molecule has 0 atom stereocenters. The van der Waals surface area contributed by atoms with Crippen LogP contribution in [0.2, 0.25) is 0 Å². The monoisotopic (exact) mass is 429 g/mol. The number of carbonyl (C=O) groups excluding carboxylic acids is 1. The average molecular weight is 430 g/mol. The molecule has 1 aromatic carbocycles. The van der Waals surface area contributed by atoms with E-state index in [2.05, 4.69) is 10.2 Å². The summed E-state index contributed by atoms with van der Waals surface area (Å²) in [7, 11) is -3.56. The minimum Gasteiger partial charge on any atom is -0.321 e. The Balaban J connectivity index is 1.36. The fraction of sp³-hybridized carbons (Fsp3) is 0.609. The van der Waals surface area contributed by atoms with Gasteiger partial charge in [0.1, 0.15) is 0 Å². The Labute approximate surface area is 179 Å². The van der Waals surface area contributed by atoms with Crippen molar-refractivity contribution in [2.45, 2.75) is 68.7 Å². The molecule has 30 heavy (non-hydrogen) atoms. The van der Waals surface area contributed by atoms with Gasteiger partial charge in [0, 0.05) is 49.0 Å². The van der Waals surface area contributed by atoms with Crippen LogP contribution >= 0.6 is 0 Å². The third-order valence-electron chi connectivity index (χ3n) is 7.30. The Morgan fingerprint density at radius 3 is 2.30 bits per heavy atom. The molecule has 0 unspecified atom stereocenters. The Kier molecular flexibility index (Phi) is 5.45. The number of carbonyl (C=O) groups is 1. The first-order valence-corrected chi connectivity index (χ1v) is 12.9. The number of allylic oxidation sites excluding steroid dienone is 1. The molecule has 5 rings (SSSR count). The summed E-state index contributed by atoms with van der Waals surface area (Å²) in [5.41, 5.74) is 3.37. The van der Waals surface area contributed by atoms with E-state index in [0.717, 1.165) is 50.0 Å². The van der Waals surface area contributed by atoms with Crippen LogP contribution in [0.4, 0.5) is 5.69 Å². The van der Waals surface area contributed by atoms with Gasteiger partial charge in [-0.2, -0.15) is 4.31 Å². The molecule has 7 heteroatoms. The van der Waals surface area contributed by atoms with Crippen molar-refractivity contribution in [3.8, 4) is 0 Å². The first-order chi connectivity index (χ1) is 14.5. The van der Waals surface area contributed by atoms with Crippen LogP contribution < -0.4 is 5.32 Å². The van der Waals surface area contributed by atoms with Crippen molar-refractivity contribution in [1.82, 2.24) is 9.21 Å². The molecule has 1 amide bonds. The molecule has 2 saturated carbocycles. The van der Waals surface area contributed by atoms with Gasteiger partial charge < -0.3 is 5.32 Å². The third-order valence-corrected chi connectivity index (χ3v) is 9.19. The topological polar surface area (TPSA) is 69.7 Å². The summed E-state index contributed by atoms with van der Waals surface area (Å²) in [6.45, 7) is 2.70. The van der Waals surface area contributed by atoms with Crippen molar-refractivity contribution in [1.29, 1.82) is 0 Å². The third kappa shape index (κ3) is 3.61. The van der Waals surface area contributed by atoms with Gasteiger partial charge in [0.25, 0.3) is 5.91 Å². The molecular weight excluding hydrogens is 398 g/mol. The van der Waals surface area contributed by atoms with E-state index in [-0.39, 0.29) is 5.91 Å². The second-order valence-electron chi connectivity index (χ2n) is 9.08. The Morgan fingerprint density at radius 1 is 0.900 bits per heavy atom. The fourth-order valence-corrected chi connectivity index (χ4v) is 7.06. The standard InChI is InChI=1S/C23H31N3O3S/c27-23-22(17-6-4-5-7-17)20-16-19(10-11-21(20)24-23)30(28,29)26-14-12-25(13-15-26)18-8-2-1-3-9-18/h10-11,16,18H,1-9,12-15H2,(H,24,27). The van der Waals surface area contributed by atoms with E-state index < -0.39 is 10.0 Å². The van der Waals surface area contributed by atoms with Gasteiger partial charge in [0.2, 0.25) is 10.0 Å². The number of sulfonamides is 1. The quantitative estimate of drug-likeness (QED) is 0.746. The predicted molar refractivity (Wildman–Crippen MR) is 118 cm³/mol. The number of benzene rings is 1. The molecular formula is C23H31N3O3S. The zero-order valence-electron chi connectivity index (χ0n) is 17.5. The maximum atomic E-state index is 13.4. The van der Waals surface area contributed by atoms with E-state index >= 15 is 0 Å². The molecule has 1 N–H and O–H groups in total. The van der Waals surface area contributed by atoms with Gasteiger partial charge in [-0.05, 0) is 56.7 Å². The molecule has 2 heterocycles. The van der Waals surface area contributed by atoms with Crippen LogP contribution in [0.5, 0.6) is 0 Å². The summed E-state index contributed by atoms with van der Waals surface area (Å²) < 4.78 is 28.4. The highest BCUT2D eigenvalue weighted by Gasteiger charge is 2.34. The fourth-order valence-electron chi connectivity index (χ4n) is 5.61. The zero-order chi connectivity index (χ0) is 20.7. The van der Waals surface area contributed by atoms with Gasteiger partial charge in [0.05, 0.1) is 4.90 Å². The molecule has 6 nitrogen and oxygen atoms in total. The van der Waals surface area contributed by atoms with Crippen LogP contribution in [0, 0.1) is 0 Å². The van der Waals surface area contributed by atoms with Crippen molar-refractivity contribution >= 4 is 27.2 Å². The molecule has 162 valence electrons. The number of piperazine rings is 1. The summed E-state index contributed by atoms with van der Waals surface area (Å²) in [6.07, 6.45) is 10.5. The number of nitrogens with zero attached hydrogens (tertiary/aromatic N) is 2. The molecule has 2 aliphatic carbocycles. The number of amides is 1. The van der Waals surface area contributed by atoms with E-state index in [0.29, 0.717) is 29.6 Å². The van der Waals surface area contributed by atoms with Crippen molar-refractivity contribution in [2.24, 2.45) is 0 Å². The van der Waals surface area contributed by atoms with Crippen LogP contribution in [0.25, 0.3) is 5.57 Å². The second-order valence-corrected chi connectivity index (χ2v) is 11.0. The predicted octanol–water partition coefficient (Wildman–Crippen LogP) is 3.61. The van der Waals surface area contributed by atoms with Gasteiger partial charge in [-0.1, -0.05) is 24.8 Å². The summed E-state index contributed by atoms with van der Waals surface area (Å²) in [5, 5.41) is 2.91. The number of anilines is 1. The molecule has 0 bridgehead atoms. The van der Waals surface area contributed by atoms with Gasteiger partial charge in [-0.25, -0.2) is 8.42 Å². The SMILES string of the molecule is O=C1Nc2ccc(S(=O)(=O)N3CCN(C4CCCCC4)CC3)cc2C1=C1CCCC1. The van der Waals surface area contributed by atoms with E-state index in [9.17, 15) is 13.2 Å². The van der Waals surface area contributed by atoms with Gasteiger partial charge in [-0.15, -0.1) is 0 Å². The molecule has 2 aliphatic heterocycles. The summed E-state index contributed by atoms with van der Waals surface area (Å²) >= 11 is 0. The minimum absolute atomic E-state index is 0.0856. The maximum absolute atomic E-state index is 13.4. The highest BCUT2D eigenvalue weighted by atomic mass is 32.2. The smallest absolute Gasteiger partial charge is 0.256 e. The number of hydrogen-bond acceptors (Lipinski definition) is 4. The Morgan fingerprint density at radius 2 is 1.60 bits per heavy atom. The second kappa shape index (κ2) is 8.09. The minimum atomic E-state index is -3.56. The lowest BCUT2D eigenvalue weighted by Crippen LogP contribution is -2.52. The number of nitrogens with one attached hydrogen (secondary N) is 1. The molecule has 3 fully saturated rings. The van der Waals surface area contributed by atoms with Crippen LogP contribution in [-0.4, -0.2) is 55.8 Å².